The maximum atomic E-state index is 12.6. The third-order valence-corrected chi connectivity index (χ3v) is 4.04. The topological polar surface area (TPSA) is 95.2 Å². The van der Waals surface area contributed by atoms with Crippen LogP contribution in [0, 0.1) is 0 Å². The lowest BCUT2D eigenvalue weighted by Crippen LogP contribution is -2.43. The summed E-state index contributed by atoms with van der Waals surface area (Å²) in [7, 11) is 2.78. The Hall–Kier alpha value is -3.39. The lowest BCUT2D eigenvalue weighted by Gasteiger charge is -2.10. The summed E-state index contributed by atoms with van der Waals surface area (Å²) in [5.74, 6) is -0.202. The minimum absolute atomic E-state index is 0.371. The molecule has 1 aromatic heterocycles. The SMILES string of the molecule is COc1cccc(NC(=O)c2nn(-c3ccc(Cl)cc3)c(=O)n(C)c2=O)c1. The van der Waals surface area contributed by atoms with Gasteiger partial charge in [0.05, 0.1) is 12.8 Å². The second-order valence-corrected chi connectivity index (χ2v) is 6.01. The zero-order chi connectivity index (χ0) is 19.6. The van der Waals surface area contributed by atoms with Gasteiger partial charge in [-0.15, -0.1) is 0 Å². The van der Waals surface area contributed by atoms with Gasteiger partial charge >= 0.3 is 5.69 Å². The lowest BCUT2D eigenvalue weighted by molar-refractivity contribution is 0.101. The van der Waals surface area contributed by atoms with Gasteiger partial charge in [0.15, 0.2) is 0 Å². The highest BCUT2D eigenvalue weighted by atomic mass is 35.5. The number of nitrogens with zero attached hydrogens (tertiary/aromatic N) is 3. The van der Waals surface area contributed by atoms with Crippen LogP contribution in [0.25, 0.3) is 5.69 Å². The van der Waals surface area contributed by atoms with Gasteiger partial charge in [0, 0.05) is 23.8 Å². The molecule has 138 valence electrons. The largest absolute Gasteiger partial charge is 0.497 e. The van der Waals surface area contributed by atoms with Gasteiger partial charge in [-0.2, -0.15) is 9.78 Å². The summed E-state index contributed by atoms with van der Waals surface area (Å²) in [6.45, 7) is 0. The Morgan fingerprint density at radius 2 is 1.85 bits per heavy atom. The molecule has 3 aromatic rings. The minimum atomic E-state index is -0.800. The molecule has 2 aromatic carbocycles. The molecule has 0 bridgehead atoms. The predicted octanol–water partition coefficient (Wildman–Crippen LogP) is 1.85. The molecule has 0 saturated heterocycles. The van der Waals surface area contributed by atoms with Crippen LogP contribution in [0.3, 0.4) is 0 Å². The summed E-state index contributed by atoms with van der Waals surface area (Å²) in [5.41, 5.74) is -1.11. The van der Waals surface area contributed by atoms with Crippen LogP contribution >= 0.6 is 11.6 Å². The number of nitrogens with one attached hydrogen (secondary N) is 1. The van der Waals surface area contributed by atoms with E-state index in [1.165, 1.54) is 14.2 Å². The zero-order valence-electron chi connectivity index (χ0n) is 14.5. The van der Waals surface area contributed by atoms with Gasteiger partial charge in [-0.1, -0.05) is 17.7 Å². The van der Waals surface area contributed by atoms with Gasteiger partial charge < -0.3 is 10.1 Å². The van der Waals surface area contributed by atoms with Gasteiger partial charge in [0.1, 0.15) is 5.75 Å². The number of carbonyl (C=O) groups excluding carboxylic acids is 1. The maximum Gasteiger partial charge on any atom is 0.351 e. The normalized spacial score (nSPS) is 10.5. The second kappa shape index (κ2) is 7.46. The standard InChI is InChI=1S/C18H15ClN4O4/c1-22-17(25)15(16(24)20-12-4-3-5-14(10-12)27-2)21-23(18(22)26)13-8-6-11(19)7-9-13/h3-10H,1-2H3,(H,20,24). The third-order valence-electron chi connectivity index (χ3n) is 3.79. The van der Waals surface area contributed by atoms with Crippen LogP contribution in [0.1, 0.15) is 10.5 Å². The van der Waals surface area contributed by atoms with Gasteiger partial charge in [0.25, 0.3) is 11.5 Å². The van der Waals surface area contributed by atoms with E-state index in [2.05, 4.69) is 10.4 Å². The van der Waals surface area contributed by atoms with Crippen molar-refractivity contribution in [2.45, 2.75) is 0 Å². The van der Waals surface area contributed by atoms with Crippen molar-refractivity contribution in [3.63, 3.8) is 0 Å². The molecule has 9 heteroatoms. The summed E-state index contributed by atoms with van der Waals surface area (Å²) < 4.78 is 6.89. The van der Waals surface area contributed by atoms with Crippen LogP contribution < -0.4 is 21.3 Å². The first-order valence-corrected chi connectivity index (χ1v) is 8.20. The van der Waals surface area contributed by atoms with Gasteiger partial charge in [-0.05, 0) is 36.4 Å². The number of rotatable bonds is 4. The molecule has 0 unspecified atom stereocenters. The van der Waals surface area contributed by atoms with Crippen LogP contribution in [-0.4, -0.2) is 27.4 Å². The Bertz CT molecular complexity index is 1120. The van der Waals surface area contributed by atoms with E-state index in [0.717, 1.165) is 9.25 Å². The van der Waals surface area contributed by atoms with E-state index in [1.54, 1.807) is 48.5 Å². The van der Waals surface area contributed by atoms with Crippen molar-refractivity contribution in [1.29, 1.82) is 0 Å². The van der Waals surface area contributed by atoms with E-state index in [0.29, 0.717) is 22.1 Å². The van der Waals surface area contributed by atoms with E-state index < -0.39 is 22.9 Å². The molecular weight excluding hydrogens is 372 g/mol. The van der Waals surface area contributed by atoms with Crippen molar-refractivity contribution >= 4 is 23.2 Å². The summed E-state index contributed by atoms with van der Waals surface area (Å²) in [5, 5.41) is 7.01. The maximum absolute atomic E-state index is 12.6. The molecule has 0 fully saturated rings. The Morgan fingerprint density at radius 1 is 1.15 bits per heavy atom. The molecule has 0 radical (unpaired) electrons. The van der Waals surface area contributed by atoms with E-state index >= 15 is 0 Å². The lowest BCUT2D eigenvalue weighted by atomic mass is 10.3. The molecular formula is C18H15ClN4O4. The number of hydrogen-bond donors (Lipinski definition) is 1. The monoisotopic (exact) mass is 386 g/mol. The molecule has 3 rings (SSSR count). The number of ether oxygens (including phenoxy) is 1. The molecule has 1 amide bonds. The smallest absolute Gasteiger partial charge is 0.351 e. The molecule has 0 aliphatic rings. The molecule has 0 spiro atoms. The molecule has 0 atom stereocenters. The summed E-state index contributed by atoms with van der Waals surface area (Å²) in [6, 6.07) is 12.9. The van der Waals surface area contributed by atoms with Gasteiger partial charge in [-0.25, -0.2) is 4.79 Å². The highest BCUT2D eigenvalue weighted by Gasteiger charge is 2.19. The highest BCUT2D eigenvalue weighted by Crippen LogP contribution is 2.17. The summed E-state index contributed by atoms with van der Waals surface area (Å²) >= 11 is 5.85. The van der Waals surface area contributed by atoms with Crippen molar-refractivity contribution < 1.29 is 9.53 Å². The highest BCUT2D eigenvalue weighted by molar-refractivity contribution is 6.30. The quantitative estimate of drug-likeness (QED) is 0.738. The van der Waals surface area contributed by atoms with Crippen LogP contribution in [-0.2, 0) is 7.05 Å². The number of halogens is 1. The van der Waals surface area contributed by atoms with E-state index in [4.69, 9.17) is 16.3 Å². The van der Waals surface area contributed by atoms with E-state index in [9.17, 15) is 14.4 Å². The van der Waals surface area contributed by atoms with Crippen LogP contribution in [0.5, 0.6) is 5.75 Å². The van der Waals surface area contributed by atoms with E-state index in [-0.39, 0.29) is 0 Å². The number of anilines is 1. The Kier molecular flexibility index (Phi) is 5.09. The fourth-order valence-corrected chi connectivity index (χ4v) is 2.48. The molecule has 0 aliphatic heterocycles. The van der Waals surface area contributed by atoms with Gasteiger partial charge in [0.2, 0.25) is 5.69 Å². The Balaban J connectivity index is 2.04. The number of hydrogen-bond acceptors (Lipinski definition) is 5. The summed E-state index contributed by atoms with van der Waals surface area (Å²) in [4.78, 5) is 37.3. The zero-order valence-corrected chi connectivity index (χ0v) is 15.2. The van der Waals surface area contributed by atoms with Crippen molar-refractivity contribution in [3.05, 3.63) is 80.1 Å². The Labute approximate surface area is 158 Å². The Morgan fingerprint density at radius 3 is 2.52 bits per heavy atom. The fraction of sp³-hybridized carbons (Fsp3) is 0.111. The summed E-state index contributed by atoms with van der Waals surface area (Å²) in [6.07, 6.45) is 0. The van der Waals surface area contributed by atoms with Gasteiger partial charge in [-0.3, -0.25) is 14.2 Å². The molecule has 8 nitrogen and oxygen atoms in total. The van der Waals surface area contributed by atoms with Crippen molar-refractivity contribution in [2.24, 2.45) is 7.05 Å². The third kappa shape index (κ3) is 3.75. The number of methoxy groups -OCH3 is 1. The molecule has 1 heterocycles. The van der Waals surface area contributed by atoms with Crippen molar-refractivity contribution in [1.82, 2.24) is 14.3 Å². The molecule has 27 heavy (non-hydrogen) atoms. The van der Waals surface area contributed by atoms with Crippen molar-refractivity contribution in [3.8, 4) is 11.4 Å². The van der Waals surface area contributed by atoms with Crippen molar-refractivity contribution in [2.75, 3.05) is 12.4 Å². The number of aromatic nitrogens is 3. The van der Waals surface area contributed by atoms with E-state index in [1.807, 2.05) is 0 Å². The first-order chi connectivity index (χ1) is 12.9. The fourth-order valence-electron chi connectivity index (χ4n) is 2.36. The van der Waals surface area contributed by atoms with Crippen LogP contribution in [0.15, 0.2) is 58.1 Å². The molecule has 0 saturated carbocycles. The number of benzene rings is 2. The number of amides is 1. The minimum Gasteiger partial charge on any atom is -0.497 e. The predicted molar refractivity (Wildman–Crippen MR) is 101 cm³/mol. The molecule has 0 aliphatic carbocycles. The second-order valence-electron chi connectivity index (χ2n) is 5.57. The first-order valence-electron chi connectivity index (χ1n) is 7.82. The van der Waals surface area contributed by atoms with Crippen LogP contribution in [0.4, 0.5) is 5.69 Å². The average Bonchev–Trinajstić information content (AvgIpc) is 2.67. The van der Waals surface area contributed by atoms with Crippen LogP contribution in [0.2, 0.25) is 5.02 Å². The number of carbonyl (C=O) groups is 1. The molecule has 1 N–H and O–H groups in total. The average molecular weight is 387 g/mol. The first kappa shape index (κ1) is 18.4.